The zero-order valence-electron chi connectivity index (χ0n) is 14.7. The average Bonchev–Trinajstić information content (AvgIpc) is 3.14. The van der Waals surface area contributed by atoms with E-state index in [0.717, 1.165) is 18.8 Å². The van der Waals surface area contributed by atoms with Crippen LogP contribution in [0.15, 0.2) is 30.6 Å². The van der Waals surface area contributed by atoms with Gasteiger partial charge in [0.1, 0.15) is 6.33 Å². The topological polar surface area (TPSA) is 64.9 Å². The molecule has 0 radical (unpaired) electrons. The first kappa shape index (κ1) is 17.0. The molecule has 0 aliphatic carbocycles. The van der Waals surface area contributed by atoms with Gasteiger partial charge in [0.25, 0.3) is 0 Å². The monoisotopic (exact) mass is 329 g/mol. The lowest BCUT2D eigenvalue weighted by Gasteiger charge is -2.35. The highest BCUT2D eigenvalue weighted by Gasteiger charge is 2.28. The number of ether oxygens (including phenoxy) is 1. The van der Waals surface area contributed by atoms with Gasteiger partial charge in [0.2, 0.25) is 0 Å². The van der Waals surface area contributed by atoms with E-state index < -0.39 is 0 Å². The first-order valence-electron chi connectivity index (χ1n) is 8.83. The summed E-state index contributed by atoms with van der Waals surface area (Å²) in [5.41, 5.74) is 2.24. The highest BCUT2D eigenvalue weighted by Crippen LogP contribution is 2.26. The molecule has 2 aromatic rings. The third-order valence-corrected chi connectivity index (χ3v) is 4.84. The number of benzene rings is 1. The van der Waals surface area contributed by atoms with Gasteiger partial charge in [-0.1, -0.05) is 26.0 Å². The van der Waals surface area contributed by atoms with E-state index in [1.807, 2.05) is 12.1 Å². The van der Waals surface area contributed by atoms with Crippen LogP contribution < -0.4 is 5.32 Å². The summed E-state index contributed by atoms with van der Waals surface area (Å²) in [5.74, 6) is 1.17. The van der Waals surface area contributed by atoms with Crippen molar-refractivity contribution in [3.8, 4) is 5.69 Å². The van der Waals surface area contributed by atoms with Gasteiger partial charge in [0.15, 0.2) is 0 Å². The summed E-state index contributed by atoms with van der Waals surface area (Å²) >= 11 is 0. The fourth-order valence-corrected chi connectivity index (χ4v) is 3.46. The van der Waals surface area contributed by atoms with E-state index in [2.05, 4.69) is 53.7 Å². The largest absolute Gasteiger partial charge is 0.378 e. The van der Waals surface area contributed by atoms with Gasteiger partial charge in [-0.3, -0.25) is 0 Å². The second-order valence-corrected chi connectivity index (χ2v) is 6.96. The second kappa shape index (κ2) is 7.85. The molecule has 1 aromatic heterocycles. The fourth-order valence-electron chi connectivity index (χ4n) is 3.46. The van der Waals surface area contributed by atoms with Gasteiger partial charge >= 0.3 is 0 Å². The van der Waals surface area contributed by atoms with Crippen molar-refractivity contribution < 1.29 is 4.74 Å². The van der Waals surface area contributed by atoms with E-state index in [-0.39, 0.29) is 0 Å². The Labute approximate surface area is 143 Å². The van der Waals surface area contributed by atoms with Gasteiger partial charge in [-0.05, 0) is 59.7 Å². The predicted molar refractivity (Wildman–Crippen MR) is 92.9 cm³/mol. The van der Waals surface area contributed by atoms with Gasteiger partial charge in [0.05, 0.1) is 11.8 Å². The van der Waals surface area contributed by atoms with Gasteiger partial charge in [-0.25, -0.2) is 4.68 Å². The molecule has 6 nitrogen and oxygen atoms in total. The molecule has 0 saturated carbocycles. The van der Waals surface area contributed by atoms with E-state index in [9.17, 15) is 0 Å². The Bertz CT molecular complexity index is 611. The van der Waals surface area contributed by atoms with Gasteiger partial charge in [0, 0.05) is 19.2 Å². The predicted octanol–water partition coefficient (Wildman–Crippen LogP) is 2.76. The first-order chi connectivity index (χ1) is 11.6. The molecule has 24 heavy (non-hydrogen) atoms. The molecule has 0 bridgehead atoms. The lowest BCUT2D eigenvalue weighted by atomic mass is 9.87. The molecule has 1 saturated heterocycles. The van der Waals surface area contributed by atoms with E-state index >= 15 is 0 Å². The molecular weight excluding hydrogens is 302 g/mol. The van der Waals surface area contributed by atoms with Crippen molar-refractivity contribution in [3.63, 3.8) is 0 Å². The third-order valence-electron chi connectivity index (χ3n) is 4.84. The number of nitrogens with one attached hydrogen (secondary N) is 1. The maximum atomic E-state index is 5.99. The van der Waals surface area contributed by atoms with Crippen LogP contribution in [0.2, 0.25) is 0 Å². The molecule has 2 heterocycles. The van der Waals surface area contributed by atoms with Gasteiger partial charge < -0.3 is 10.1 Å². The maximum absolute atomic E-state index is 5.99. The number of hydrogen-bond acceptors (Lipinski definition) is 5. The Morgan fingerprint density at radius 2 is 2.04 bits per heavy atom. The Morgan fingerprint density at radius 1 is 1.25 bits per heavy atom. The van der Waals surface area contributed by atoms with Crippen LogP contribution in [0.3, 0.4) is 0 Å². The van der Waals surface area contributed by atoms with E-state index in [1.54, 1.807) is 11.0 Å². The Hall–Kier alpha value is -1.79. The molecule has 130 valence electrons. The number of rotatable bonds is 6. The van der Waals surface area contributed by atoms with Crippen molar-refractivity contribution in [3.05, 3.63) is 36.2 Å². The van der Waals surface area contributed by atoms with Crippen LogP contribution in [-0.2, 0) is 4.74 Å². The van der Waals surface area contributed by atoms with Crippen LogP contribution in [0, 0.1) is 11.8 Å². The standard InChI is InChI=1S/C18H27N5O/c1-13(2)18-16(5-4-10-24-18)11-19-14(3)15-6-8-17(9-7-15)23-12-20-21-22-23/h6-9,12-14,16,18-19H,4-5,10-11H2,1-3H3/t14-,16-,18+/m0/s1. The maximum Gasteiger partial charge on any atom is 0.143 e. The molecular formula is C18H27N5O. The summed E-state index contributed by atoms with van der Waals surface area (Å²) in [6, 6.07) is 8.66. The quantitative estimate of drug-likeness (QED) is 0.883. The Kier molecular flexibility index (Phi) is 5.58. The summed E-state index contributed by atoms with van der Waals surface area (Å²) in [6.07, 6.45) is 4.40. The molecule has 0 spiro atoms. The highest BCUT2D eigenvalue weighted by molar-refractivity contribution is 5.34. The van der Waals surface area contributed by atoms with Crippen molar-refractivity contribution in [2.45, 2.75) is 45.8 Å². The minimum absolute atomic E-state index is 0.308. The molecule has 3 rings (SSSR count). The summed E-state index contributed by atoms with van der Waals surface area (Å²) in [6.45, 7) is 8.63. The highest BCUT2D eigenvalue weighted by atomic mass is 16.5. The molecule has 1 fully saturated rings. The van der Waals surface area contributed by atoms with Crippen LogP contribution in [-0.4, -0.2) is 39.5 Å². The number of hydrogen-bond donors (Lipinski definition) is 1. The minimum Gasteiger partial charge on any atom is -0.378 e. The lowest BCUT2D eigenvalue weighted by Crippen LogP contribution is -2.40. The summed E-state index contributed by atoms with van der Waals surface area (Å²) in [5, 5.41) is 14.9. The number of nitrogens with zero attached hydrogens (tertiary/aromatic N) is 4. The minimum atomic E-state index is 0.308. The fraction of sp³-hybridized carbons (Fsp3) is 0.611. The van der Waals surface area contributed by atoms with E-state index in [1.165, 1.54) is 18.4 Å². The zero-order valence-corrected chi connectivity index (χ0v) is 14.7. The van der Waals surface area contributed by atoms with Gasteiger partial charge in [-0.2, -0.15) is 0 Å². The Balaban J connectivity index is 1.57. The average molecular weight is 329 g/mol. The van der Waals surface area contributed by atoms with Crippen molar-refractivity contribution in [1.29, 1.82) is 0 Å². The molecule has 3 atom stereocenters. The van der Waals surface area contributed by atoms with Crippen molar-refractivity contribution in [1.82, 2.24) is 25.5 Å². The van der Waals surface area contributed by atoms with Gasteiger partial charge in [-0.15, -0.1) is 5.10 Å². The molecule has 1 aliphatic heterocycles. The Morgan fingerprint density at radius 3 is 2.71 bits per heavy atom. The number of aromatic nitrogens is 4. The summed E-state index contributed by atoms with van der Waals surface area (Å²) in [7, 11) is 0. The van der Waals surface area contributed by atoms with Crippen molar-refractivity contribution in [2.24, 2.45) is 11.8 Å². The molecule has 1 aliphatic rings. The van der Waals surface area contributed by atoms with Crippen molar-refractivity contribution >= 4 is 0 Å². The van der Waals surface area contributed by atoms with E-state index in [4.69, 9.17) is 4.74 Å². The summed E-state index contributed by atoms with van der Waals surface area (Å²) < 4.78 is 7.65. The smallest absolute Gasteiger partial charge is 0.143 e. The van der Waals surface area contributed by atoms with Crippen LogP contribution in [0.5, 0.6) is 0 Å². The summed E-state index contributed by atoms with van der Waals surface area (Å²) in [4.78, 5) is 0. The SMILES string of the molecule is CC(C)[C@H]1OCCC[C@H]1CN[C@@H](C)c1ccc(-n2cnnn2)cc1. The molecule has 1 N–H and O–H groups in total. The zero-order chi connectivity index (χ0) is 16.9. The lowest BCUT2D eigenvalue weighted by molar-refractivity contribution is -0.0521. The third kappa shape index (κ3) is 3.99. The van der Waals surface area contributed by atoms with Crippen LogP contribution in [0.4, 0.5) is 0 Å². The normalized spacial score (nSPS) is 22.7. The molecule has 0 amide bonds. The van der Waals surface area contributed by atoms with Crippen LogP contribution in [0.25, 0.3) is 5.69 Å². The first-order valence-corrected chi connectivity index (χ1v) is 8.83. The van der Waals surface area contributed by atoms with E-state index in [0.29, 0.717) is 24.0 Å². The van der Waals surface area contributed by atoms with Crippen LogP contribution in [0.1, 0.15) is 45.2 Å². The molecule has 6 heteroatoms. The number of tetrazole rings is 1. The van der Waals surface area contributed by atoms with Crippen LogP contribution >= 0.6 is 0 Å². The van der Waals surface area contributed by atoms with Crippen molar-refractivity contribution in [2.75, 3.05) is 13.2 Å². The molecule has 0 unspecified atom stereocenters. The molecule has 1 aromatic carbocycles. The second-order valence-electron chi connectivity index (χ2n) is 6.96.